The monoisotopic (exact) mass is 291 g/mol. The molecule has 0 bridgehead atoms. The third-order valence-corrected chi connectivity index (χ3v) is 4.38. The number of benzene rings is 1. The zero-order valence-corrected chi connectivity index (χ0v) is 12.2. The Morgan fingerprint density at radius 1 is 1.35 bits per heavy atom. The van der Waals surface area contributed by atoms with Gasteiger partial charge in [-0.05, 0) is 40.9 Å². The van der Waals surface area contributed by atoms with Crippen molar-refractivity contribution in [1.29, 1.82) is 0 Å². The van der Waals surface area contributed by atoms with Crippen molar-refractivity contribution in [3.8, 4) is 0 Å². The lowest BCUT2D eigenvalue weighted by molar-refractivity contribution is -0.140. The molecule has 2 N–H and O–H groups in total. The van der Waals surface area contributed by atoms with Crippen LogP contribution < -0.4 is 5.32 Å². The summed E-state index contributed by atoms with van der Waals surface area (Å²) in [7, 11) is 0. The van der Waals surface area contributed by atoms with E-state index in [1.54, 1.807) is 23.5 Å². The SMILES string of the molecule is CCC(C)C(NC(=O)c1ccc2sccc2c1)C(=O)O. The number of fused-ring (bicyclic) bond motifs is 1. The average Bonchev–Trinajstić information content (AvgIpc) is 2.90. The molecule has 2 rings (SSSR count). The molecular formula is C15H17NO3S. The number of hydrogen-bond donors (Lipinski definition) is 2. The van der Waals surface area contributed by atoms with Crippen LogP contribution in [0.1, 0.15) is 30.6 Å². The lowest BCUT2D eigenvalue weighted by atomic mass is 9.99. The number of amides is 1. The van der Waals surface area contributed by atoms with Crippen LogP contribution >= 0.6 is 11.3 Å². The summed E-state index contributed by atoms with van der Waals surface area (Å²) >= 11 is 1.61. The van der Waals surface area contributed by atoms with Crippen LogP contribution in [0.3, 0.4) is 0 Å². The van der Waals surface area contributed by atoms with E-state index in [1.165, 1.54) is 0 Å². The summed E-state index contributed by atoms with van der Waals surface area (Å²) < 4.78 is 1.11. The van der Waals surface area contributed by atoms with E-state index in [0.717, 1.165) is 10.1 Å². The summed E-state index contributed by atoms with van der Waals surface area (Å²) in [5, 5.41) is 14.8. The number of nitrogens with one attached hydrogen (secondary N) is 1. The maximum atomic E-state index is 12.2. The summed E-state index contributed by atoms with van der Waals surface area (Å²) in [6.45, 7) is 3.73. The third kappa shape index (κ3) is 2.99. The Labute approximate surface area is 121 Å². The van der Waals surface area contributed by atoms with E-state index < -0.39 is 12.0 Å². The second-order valence-corrected chi connectivity index (χ2v) is 5.80. The van der Waals surface area contributed by atoms with Gasteiger partial charge in [0.05, 0.1) is 0 Å². The van der Waals surface area contributed by atoms with Crippen LogP contribution in [0.25, 0.3) is 10.1 Å². The van der Waals surface area contributed by atoms with Crippen LogP contribution in [0.4, 0.5) is 0 Å². The second kappa shape index (κ2) is 6.05. The van der Waals surface area contributed by atoms with Crippen molar-refractivity contribution in [3.05, 3.63) is 35.2 Å². The first-order valence-electron chi connectivity index (χ1n) is 6.54. The Hall–Kier alpha value is -1.88. The molecule has 2 aromatic rings. The zero-order valence-electron chi connectivity index (χ0n) is 11.4. The highest BCUT2D eigenvalue weighted by atomic mass is 32.1. The Kier molecular flexibility index (Phi) is 4.39. The highest BCUT2D eigenvalue weighted by Gasteiger charge is 2.25. The van der Waals surface area contributed by atoms with Gasteiger partial charge < -0.3 is 10.4 Å². The molecule has 106 valence electrons. The van der Waals surface area contributed by atoms with Gasteiger partial charge >= 0.3 is 5.97 Å². The van der Waals surface area contributed by atoms with Gasteiger partial charge in [0.2, 0.25) is 0 Å². The average molecular weight is 291 g/mol. The topological polar surface area (TPSA) is 66.4 Å². The van der Waals surface area contributed by atoms with Gasteiger partial charge in [-0.15, -0.1) is 11.3 Å². The third-order valence-electron chi connectivity index (χ3n) is 3.48. The predicted octanol–water partition coefficient (Wildman–Crippen LogP) is 3.13. The second-order valence-electron chi connectivity index (χ2n) is 4.85. The van der Waals surface area contributed by atoms with E-state index in [4.69, 9.17) is 0 Å². The number of rotatable bonds is 5. The number of carbonyl (C=O) groups excluding carboxylic acids is 1. The minimum absolute atomic E-state index is 0.110. The molecule has 0 saturated carbocycles. The fourth-order valence-corrected chi connectivity index (χ4v) is 2.79. The van der Waals surface area contributed by atoms with Crippen LogP contribution in [-0.2, 0) is 4.79 Å². The molecule has 1 aromatic heterocycles. The summed E-state index contributed by atoms with van der Waals surface area (Å²) in [5.41, 5.74) is 0.491. The lowest BCUT2D eigenvalue weighted by Gasteiger charge is -2.20. The number of hydrogen-bond acceptors (Lipinski definition) is 3. The molecule has 0 aliphatic heterocycles. The van der Waals surface area contributed by atoms with E-state index in [2.05, 4.69) is 5.32 Å². The van der Waals surface area contributed by atoms with Crippen molar-refractivity contribution in [1.82, 2.24) is 5.32 Å². The maximum Gasteiger partial charge on any atom is 0.326 e. The van der Waals surface area contributed by atoms with Gasteiger partial charge in [0.1, 0.15) is 6.04 Å². The van der Waals surface area contributed by atoms with Crippen LogP contribution in [0, 0.1) is 5.92 Å². The van der Waals surface area contributed by atoms with E-state index in [0.29, 0.717) is 12.0 Å². The van der Waals surface area contributed by atoms with Gasteiger partial charge in [0.15, 0.2) is 0 Å². The van der Waals surface area contributed by atoms with Crippen molar-refractivity contribution in [2.24, 2.45) is 5.92 Å². The standard InChI is InChI=1S/C15H17NO3S/c1-3-9(2)13(15(18)19)16-14(17)11-4-5-12-10(8-11)6-7-20-12/h4-9,13H,3H2,1-2H3,(H,16,17)(H,18,19). The number of carboxylic acids is 1. The predicted molar refractivity (Wildman–Crippen MR) is 80.2 cm³/mol. The van der Waals surface area contributed by atoms with E-state index in [1.807, 2.05) is 31.4 Å². The van der Waals surface area contributed by atoms with Crippen LogP contribution in [-0.4, -0.2) is 23.0 Å². The lowest BCUT2D eigenvalue weighted by Crippen LogP contribution is -2.45. The quantitative estimate of drug-likeness (QED) is 0.889. The van der Waals surface area contributed by atoms with E-state index in [-0.39, 0.29) is 11.8 Å². The molecule has 0 aliphatic rings. The van der Waals surface area contributed by atoms with Gasteiger partial charge in [-0.25, -0.2) is 4.79 Å². The molecule has 1 aromatic carbocycles. The molecule has 4 nitrogen and oxygen atoms in total. The van der Waals surface area contributed by atoms with Gasteiger partial charge in [0.25, 0.3) is 5.91 Å². The molecule has 20 heavy (non-hydrogen) atoms. The highest BCUT2D eigenvalue weighted by molar-refractivity contribution is 7.17. The normalized spacial score (nSPS) is 13.9. The van der Waals surface area contributed by atoms with Gasteiger partial charge in [-0.1, -0.05) is 20.3 Å². The van der Waals surface area contributed by atoms with E-state index in [9.17, 15) is 14.7 Å². The van der Waals surface area contributed by atoms with Gasteiger partial charge in [-0.3, -0.25) is 4.79 Å². The first kappa shape index (κ1) is 14.5. The number of thiophene rings is 1. The molecule has 0 radical (unpaired) electrons. The van der Waals surface area contributed by atoms with Crippen molar-refractivity contribution >= 4 is 33.3 Å². The van der Waals surface area contributed by atoms with E-state index >= 15 is 0 Å². The number of carboxylic acid groups (broad SMARTS) is 1. The fourth-order valence-electron chi connectivity index (χ4n) is 2.02. The molecule has 0 fully saturated rings. The molecule has 2 atom stereocenters. The van der Waals surface area contributed by atoms with Gasteiger partial charge in [-0.2, -0.15) is 0 Å². The molecule has 0 aliphatic carbocycles. The number of aliphatic carboxylic acids is 1. The molecule has 0 spiro atoms. The Morgan fingerprint density at radius 2 is 2.10 bits per heavy atom. The van der Waals surface area contributed by atoms with Crippen LogP contribution in [0.5, 0.6) is 0 Å². The largest absolute Gasteiger partial charge is 0.480 e. The molecule has 5 heteroatoms. The minimum Gasteiger partial charge on any atom is -0.480 e. The summed E-state index contributed by atoms with van der Waals surface area (Å²) in [6, 6.07) is 6.49. The summed E-state index contributed by atoms with van der Waals surface area (Å²) in [4.78, 5) is 23.4. The Morgan fingerprint density at radius 3 is 2.75 bits per heavy atom. The first-order valence-corrected chi connectivity index (χ1v) is 7.41. The molecule has 1 amide bonds. The first-order chi connectivity index (χ1) is 9.52. The smallest absolute Gasteiger partial charge is 0.326 e. The maximum absolute atomic E-state index is 12.2. The Balaban J connectivity index is 2.19. The van der Waals surface area contributed by atoms with Crippen LogP contribution in [0.15, 0.2) is 29.6 Å². The molecule has 0 saturated heterocycles. The van der Waals surface area contributed by atoms with Crippen LogP contribution in [0.2, 0.25) is 0 Å². The van der Waals surface area contributed by atoms with Gasteiger partial charge in [0, 0.05) is 10.3 Å². The zero-order chi connectivity index (χ0) is 14.7. The highest BCUT2D eigenvalue weighted by Crippen LogP contribution is 2.22. The molecule has 2 unspecified atom stereocenters. The number of carbonyl (C=O) groups is 2. The molecule has 1 heterocycles. The fraction of sp³-hybridized carbons (Fsp3) is 0.333. The van der Waals surface area contributed by atoms with Crippen molar-refractivity contribution in [2.75, 3.05) is 0 Å². The molecular weight excluding hydrogens is 274 g/mol. The van der Waals surface area contributed by atoms with Crippen molar-refractivity contribution in [2.45, 2.75) is 26.3 Å². The Bertz CT molecular complexity index is 635. The summed E-state index contributed by atoms with van der Waals surface area (Å²) in [6.07, 6.45) is 0.695. The summed E-state index contributed by atoms with van der Waals surface area (Å²) in [5.74, 6) is -1.45. The van der Waals surface area contributed by atoms with Crippen molar-refractivity contribution in [3.63, 3.8) is 0 Å². The van der Waals surface area contributed by atoms with Crippen molar-refractivity contribution < 1.29 is 14.7 Å². The minimum atomic E-state index is -0.996.